The summed E-state index contributed by atoms with van der Waals surface area (Å²) >= 11 is 0. The standard InChI is InChI=1S/C50H94N2O3/c1-6-11-13-15-17-19-21-23-25-27-29-31-33-35-37-39-41-49(42-40-38-36-34-32-30-28-26-24-22-20-18-16-14-12-7-2)55-50(53)54-48-47-51(10-5)45-46-52(43-8-3)44-9-4/h17-20,23-26,49H,6-16,21-22,27-48H2,1-5H3/b19-17-,20-18-,25-23-,26-24-. The quantitative estimate of drug-likeness (QED) is 0.0351. The van der Waals surface area contributed by atoms with E-state index >= 15 is 0 Å². The molecule has 0 aromatic rings. The predicted octanol–water partition coefficient (Wildman–Crippen LogP) is 15.4. The van der Waals surface area contributed by atoms with Gasteiger partial charge in [0.25, 0.3) is 0 Å². The van der Waals surface area contributed by atoms with Crippen molar-refractivity contribution in [2.24, 2.45) is 0 Å². The third-order valence-electron chi connectivity index (χ3n) is 10.6. The lowest BCUT2D eigenvalue weighted by Gasteiger charge is -2.26. The van der Waals surface area contributed by atoms with Gasteiger partial charge in [-0.25, -0.2) is 4.79 Å². The molecule has 0 aromatic carbocycles. The van der Waals surface area contributed by atoms with E-state index in [9.17, 15) is 4.79 Å². The molecule has 0 aromatic heterocycles. The van der Waals surface area contributed by atoms with Crippen molar-refractivity contribution in [1.82, 2.24) is 9.80 Å². The molecule has 0 aliphatic carbocycles. The molecule has 0 atom stereocenters. The predicted molar refractivity (Wildman–Crippen MR) is 243 cm³/mol. The van der Waals surface area contributed by atoms with Crippen LogP contribution in [0.4, 0.5) is 4.79 Å². The summed E-state index contributed by atoms with van der Waals surface area (Å²) in [7, 11) is 0. The second kappa shape index (κ2) is 44.9. The van der Waals surface area contributed by atoms with E-state index in [-0.39, 0.29) is 6.10 Å². The maximum atomic E-state index is 12.8. The van der Waals surface area contributed by atoms with Gasteiger partial charge in [0.15, 0.2) is 0 Å². The molecule has 0 saturated heterocycles. The minimum Gasteiger partial charge on any atom is -0.433 e. The van der Waals surface area contributed by atoms with Crippen molar-refractivity contribution in [2.75, 3.05) is 45.9 Å². The summed E-state index contributed by atoms with van der Waals surface area (Å²) in [4.78, 5) is 17.7. The molecule has 0 heterocycles. The largest absolute Gasteiger partial charge is 0.508 e. The van der Waals surface area contributed by atoms with Gasteiger partial charge < -0.3 is 14.4 Å². The highest BCUT2D eigenvalue weighted by molar-refractivity contribution is 5.60. The van der Waals surface area contributed by atoms with Crippen LogP contribution in [0.25, 0.3) is 0 Å². The average molecular weight is 771 g/mol. The van der Waals surface area contributed by atoms with E-state index in [0.717, 1.165) is 77.8 Å². The van der Waals surface area contributed by atoms with Crippen molar-refractivity contribution in [1.29, 1.82) is 0 Å². The molecule has 0 aliphatic heterocycles. The molecule has 55 heavy (non-hydrogen) atoms. The zero-order valence-electron chi connectivity index (χ0n) is 37.6. The molecule has 0 radical (unpaired) electrons. The van der Waals surface area contributed by atoms with E-state index in [4.69, 9.17) is 9.47 Å². The number of ether oxygens (including phenoxy) is 2. The first-order valence-corrected chi connectivity index (χ1v) is 24.0. The molecule has 0 aliphatic rings. The van der Waals surface area contributed by atoms with Crippen LogP contribution < -0.4 is 0 Å². The number of likely N-dealkylation sites (N-methyl/N-ethyl adjacent to an activating group) is 1. The lowest BCUT2D eigenvalue weighted by Crippen LogP contribution is -2.37. The van der Waals surface area contributed by atoms with Crippen LogP contribution >= 0.6 is 0 Å². The fraction of sp³-hybridized carbons (Fsp3) is 0.820. The summed E-state index contributed by atoms with van der Waals surface area (Å²) in [6, 6.07) is 0. The number of unbranched alkanes of at least 4 members (excludes halogenated alkanes) is 18. The van der Waals surface area contributed by atoms with E-state index in [1.165, 1.54) is 141 Å². The maximum absolute atomic E-state index is 12.8. The fourth-order valence-corrected chi connectivity index (χ4v) is 7.09. The molecule has 0 saturated carbocycles. The molecular weight excluding hydrogens is 677 g/mol. The van der Waals surface area contributed by atoms with E-state index in [1.54, 1.807) is 0 Å². The molecule has 322 valence electrons. The molecule has 0 N–H and O–H groups in total. The minimum atomic E-state index is -0.472. The smallest absolute Gasteiger partial charge is 0.433 e. The Hall–Kier alpha value is -1.85. The van der Waals surface area contributed by atoms with Crippen LogP contribution in [0.15, 0.2) is 48.6 Å². The maximum Gasteiger partial charge on any atom is 0.508 e. The fourth-order valence-electron chi connectivity index (χ4n) is 7.09. The van der Waals surface area contributed by atoms with Crippen molar-refractivity contribution in [3.63, 3.8) is 0 Å². The van der Waals surface area contributed by atoms with Crippen LogP contribution in [-0.4, -0.2) is 67.9 Å². The molecule has 0 fully saturated rings. The summed E-state index contributed by atoms with van der Waals surface area (Å²) in [5.74, 6) is 0. The Morgan fingerprint density at radius 3 is 1.25 bits per heavy atom. The summed E-state index contributed by atoms with van der Waals surface area (Å²) in [6.07, 6.45) is 52.4. The molecule has 0 amide bonds. The van der Waals surface area contributed by atoms with Gasteiger partial charge in [0.1, 0.15) is 12.7 Å². The number of hydrogen-bond acceptors (Lipinski definition) is 5. The van der Waals surface area contributed by atoms with Crippen molar-refractivity contribution in [3.05, 3.63) is 48.6 Å². The topological polar surface area (TPSA) is 42.0 Å². The van der Waals surface area contributed by atoms with Crippen molar-refractivity contribution in [3.8, 4) is 0 Å². The Kier molecular flexibility index (Phi) is 43.4. The average Bonchev–Trinajstić information content (AvgIpc) is 3.18. The second-order valence-electron chi connectivity index (χ2n) is 15.9. The zero-order chi connectivity index (χ0) is 40.1. The molecular formula is C50H94N2O3. The Morgan fingerprint density at radius 2 is 0.836 bits per heavy atom. The first-order chi connectivity index (χ1) is 27.1. The number of hydrogen-bond donors (Lipinski definition) is 0. The summed E-state index contributed by atoms with van der Waals surface area (Å²) in [6.45, 7) is 17.7. The lowest BCUT2D eigenvalue weighted by molar-refractivity contribution is 0.0118. The monoisotopic (exact) mass is 771 g/mol. The van der Waals surface area contributed by atoms with Gasteiger partial charge in [-0.2, -0.15) is 0 Å². The van der Waals surface area contributed by atoms with Gasteiger partial charge in [-0.05, 0) is 122 Å². The first-order valence-electron chi connectivity index (χ1n) is 24.0. The first kappa shape index (κ1) is 53.1. The number of rotatable bonds is 42. The van der Waals surface area contributed by atoms with E-state index in [0.29, 0.717) is 6.61 Å². The molecule has 0 bridgehead atoms. The normalized spacial score (nSPS) is 12.4. The van der Waals surface area contributed by atoms with Gasteiger partial charge in [-0.1, -0.05) is 160 Å². The lowest BCUT2D eigenvalue weighted by atomic mass is 10.0. The highest BCUT2D eigenvalue weighted by Crippen LogP contribution is 2.18. The Balaban J connectivity index is 4.45. The van der Waals surface area contributed by atoms with Crippen LogP contribution in [0.3, 0.4) is 0 Å². The summed E-state index contributed by atoms with van der Waals surface area (Å²) in [5.41, 5.74) is 0. The van der Waals surface area contributed by atoms with Crippen LogP contribution in [0, 0.1) is 0 Å². The molecule has 5 heteroatoms. The van der Waals surface area contributed by atoms with E-state index < -0.39 is 6.16 Å². The van der Waals surface area contributed by atoms with E-state index in [1.807, 2.05) is 0 Å². The summed E-state index contributed by atoms with van der Waals surface area (Å²) < 4.78 is 11.6. The van der Waals surface area contributed by atoms with Crippen molar-refractivity contribution < 1.29 is 14.3 Å². The highest BCUT2D eigenvalue weighted by atomic mass is 16.7. The van der Waals surface area contributed by atoms with Gasteiger partial charge in [0, 0.05) is 19.6 Å². The van der Waals surface area contributed by atoms with Gasteiger partial charge in [-0.3, -0.25) is 4.90 Å². The highest BCUT2D eigenvalue weighted by Gasteiger charge is 2.16. The van der Waals surface area contributed by atoms with Crippen molar-refractivity contribution in [2.45, 2.75) is 221 Å². The van der Waals surface area contributed by atoms with Crippen LogP contribution in [0.2, 0.25) is 0 Å². The van der Waals surface area contributed by atoms with Gasteiger partial charge in [0.2, 0.25) is 0 Å². The molecule has 0 rings (SSSR count). The second-order valence-corrected chi connectivity index (χ2v) is 15.9. The molecule has 0 unspecified atom stereocenters. The molecule has 0 spiro atoms. The minimum absolute atomic E-state index is 0.0249. The van der Waals surface area contributed by atoms with Crippen molar-refractivity contribution >= 4 is 6.16 Å². The Bertz CT molecular complexity index is 843. The zero-order valence-corrected chi connectivity index (χ0v) is 37.6. The van der Waals surface area contributed by atoms with Crippen LogP contribution in [0.1, 0.15) is 214 Å². The molecule has 5 nitrogen and oxygen atoms in total. The summed E-state index contributed by atoms with van der Waals surface area (Å²) in [5, 5.41) is 0. The Morgan fingerprint density at radius 1 is 0.436 bits per heavy atom. The van der Waals surface area contributed by atoms with Crippen LogP contribution in [-0.2, 0) is 9.47 Å². The number of carbonyl (C=O) groups is 1. The van der Waals surface area contributed by atoms with E-state index in [2.05, 4.69) is 93.0 Å². The SMILES string of the molecule is CCCCC/C=C\C/C=C\CCCCCCCCC(CCCCCCCC/C=C\C/C=C\CCCCC)OC(=O)OCCN(CC)CCN(CCC)CCC. The third kappa shape index (κ3) is 40.2. The van der Waals surface area contributed by atoms with Gasteiger partial charge >= 0.3 is 6.16 Å². The van der Waals surface area contributed by atoms with Gasteiger partial charge in [0.05, 0.1) is 0 Å². The van der Waals surface area contributed by atoms with Crippen LogP contribution in [0.5, 0.6) is 0 Å². The number of carbonyl (C=O) groups excluding carboxylic acids is 1. The third-order valence-corrected chi connectivity index (χ3v) is 10.6. The number of allylic oxidation sites excluding steroid dienone is 8. The van der Waals surface area contributed by atoms with Gasteiger partial charge in [-0.15, -0.1) is 0 Å². The Labute approximate surface area is 344 Å². The number of nitrogens with zero attached hydrogens (tertiary/aromatic N) is 2.